The fourth-order valence-corrected chi connectivity index (χ4v) is 3.53. The van der Waals surface area contributed by atoms with Crippen molar-refractivity contribution in [3.8, 4) is 0 Å². The highest BCUT2D eigenvalue weighted by atomic mass is 16.3. The first-order valence-corrected chi connectivity index (χ1v) is 8.59. The molecule has 2 saturated heterocycles. The Labute approximate surface area is 142 Å². The van der Waals surface area contributed by atoms with Crippen molar-refractivity contribution in [1.82, 2.24) is 15.1 Å². The number of carbonyl (C=O) groups excluding carboxylic acids is 2. The highest BCUT2D eigenvalue weighted by Gasteiger charge is 2.28. The zero-order valence-corrected chi connectivity index (χ0v) is 13.9. The first kappa shape index (κ1) is 16.9. The molecule has 2 aliphatic heterocycles. The van der Waals surface area contributed by atoms with Crippen LogP contribution in [0.4, 0.5) is 0 Å². The summed E-state index contributed by atoms with van der Waals surface area (Å²) in [4.78, 5) is 27.7. The molecule has 0 spiro atoms. The van der Waals surface area contributed by atoms with E-state index in [4.69, 9.17) is 0 Å². The Morgan fingerprint density at radius 1 is 1.29 bits per heavy atom. The Kier molecular flexibility index (Phi) is 5.48. The van der Waals surface area contributed by atoms with Crippen LogP contribution in [0.3, 0.4) is 0 Å². The summed E-state index contributed by atoms with van der Waals surface area (Å²) in [7, 11) is 0. The summed E-state index contributed by atoms with van der Waals surface area (Å²) in [6.45, 7) is 3.65. The number of likely N-dealkylation sites (tertiary alicyclic amines) is 1. The number of nitrogens with one attached hydrogen (secondary N) is 1. The van der Waals surface area contributed by atoms with E-state index in [9.17, 15) is 14.7 Å². The van der Waals surface area contributed by atoms with Gasteiger partial charge in [0.2, 0.25) is 11.8 Å². The molecule has 6 nitrogen and oxygen atoms in total. The van der Waals surface area contributed by atoms with E-state index in [-0.39, 0.29) is 18.4 Å². The number of hydrogen-bond donors (Lipinski definition) is 2. The summed E-state index contributed by atoms with van der Waals surface area (Å²) in [5, 5.41) is 12.0. The Balaban J connectivity index is 1.49. The maximum absolute atomic E-state index is 12.4. The SMILES string of the molecule is O=C1CN(CC(=O)N2CC[C@H](Cc3cccc(CO)c3)C2)CCN1. The summed E-state index contributed by atoms with van der Waals surface area (Å²) in [5.41, 5.74) is 2.15. The van der Waals surface area contributed by atoms with E-state index < -0.39 is 0 Å². The molecule has 0 aromatic heterocycles. The zero-order chi connectivity index (χ0) is 16.9. The van der Waals surface area contributed by atoms with E-state index in [1.807, 2.05) is 28.0 Å². The van der Waals surface area contributed by atoms with Crippen molar-refractivity contribution in [2.75, 3.05) is 39.3 Å². The van der Waals surface area contributed by atoms with E-state index >= 15 is 0 Å². The number of rotatable bonds is 5. The Morgan fingerprint density at radius 2 is 2.12 bits per heavy atom. The van der Waals surface area contributed by atoms with Crippen molar-refractivity contribution in [2.24, 2.45) is 5.92 Å². The molecular formula is C18H25N3O3. The standard InChI is InChI=1S/C18H25N3O3/c22-13-16-3-1-2-14(9-16)8-15-4-6-21(10-15)18(24)12-20-7-5-19-17(23)11-20/h1-3,9,15,22H,4-8,10-13H2,(H,19,23)/t15-/m1/s1. The van der Waals surface area contributed by atoms with Crippen LogP contribution >= 0.6 is 0 Å². The highest BCUT2D eigenvalue weighted by Crippen LogP contribution is 2.21. The van der Waals surface area contributed by atoms with Crippen molar-refractivity contribution in [3.63, 3.8) is 0 Å². The monoisotopic (exact) mass is 331 g/mol. The summed E-state index contributed by atoms with van der Waals surface area (Å²) < 4.78 is 0. The van der Waals surface area contributed by atoms with Gasteiger partial charge >= 0.3 is 0 Å². The molecule has 24 heavy (non-hydrogen) atoms. The third kappa shape index (κ3) is 4.33. The molecule has 3 rings (SSSR count). The molecule has 2 N–H and O–H groups in total. The molecule has 1 aromatic carbocycles. The van der Waals surface area contributed by atoms with Crippen molar-refractivity contribution < 1.29 is 14.7 Å². The number of aliphatic hydroxyl groups is 1. The number of piperazine rings is 1. The number of benzene rings is 1. The van der Waals surface area contributed by atoms with Gasteiger partial charge in [0, 0.05) is 26.2 Å². The quantitative estimate of drug-likeness (QED) is 0.797. The van der Waals surface area contributed by atoms with Crippen LogP contribution in [0.1, 0.15) is 17.5 Å². The van der Waals surface area contributed by atoms with Gasteiger partial charge in [0.1, 0.15) is 0 Å². The third-order valence-corrected chi connectivity index (χ3v) is 4.81. The second-order valence-corrected chi connectivity index (χ2v) is 6.74. The minimum Gasteiger partial charge on any atom is -0.392 e. The van der Waals surface area contributed by atoms with Crippen molar-refractivity contribution in [2.45, 2.75) is 19.4 Å². The molecule has 0 bridgehead atoms. The predicted octanol–water partition coefficient (Wildman–Crippen LogP) is 0.00170. The van der Waals surface area contributed by atoms with Crippen LogP contribution in [0.2, 0.25) is 0 Å². The fraction of sp³-hybridized carbons (Fsp3) is 0.556. The van der Waals surface area contributed by atoms with Crippen molar-refractivity contribution in [1.29, 1.82) is 0 Å². The van der Waals surface area contributed by atoms with Crippen LogP contribution in [0.5, 0.6) is 0 Å². The lowest BCUT2D eigenvalue weighted by atomic mass is 9.97. The van der Waals surface area contributed by atoms with Crippen LogP contribution < -0.4 is 5.32 Å². The van der Waals surface area contributed by atoms with Gasteiger partial charge in [0.25, 0.3) is 0 Å². The van der Waals surface area contributed by atoms with Gasteiger partial charge in [-0.1, -0.05) is 24.3 Å². The smallest absolute Gasteiger partial charge is 0.236 e. The predicted molar refractivity (Wildman–Crippen MR) is 90.2 cm³/mol. The van der Waals surface area contributed by atoms with Crippen LogP contribution in [-0.2, 0) is 22.6 Å². The van der Waals surface area contributed by atoms with E-state index in [1.54, 1.807) is 0 Å². The van der Waals surface area contributed by atoms with Crippen LogP contribution in [0.15, 0.2) is 24.3 Å². The van der Waals surface area contributed by atoms with Gasteiger partial charge in [-0.3, -0.25) is 14.5 Å². The molecule has 0 saturated carbocycles. The Morgan fingerprint density at radius 3 is 2.92 bits per heavy atom. The molecule has 0 unspecified atom stereocenters. The number of hydrogen-bond acceptors (Lipinski definition) is 4. The second-order valence-electron chi connectivity index (χ2n) is 6.74. The topological polar surface area (TPSA) is 72.9 Å². The first-order chi connectivity index (χ1) is 11.6. The molecule has 2 heterocycles. The molecule has 0 aliphatic carbocycles. The number of aliphatic hydroxyl groups excluding tert-OH is 1. The Hall–Kier alpha value is -1.92. The Bertz CT molecular complexity index is 605. The molecule has 1 atom stereocenters. The minimum atomic E-state index is -0.00267. The van der Waals surface area contributed by atoms with Gasteiger partial charge in [0.15, 0.2) is 0 Å². The molecule has 6 heteroatoms. The van der Waals surface area contributed by atoms with Crippen LogP contribution in [0.25, 0.3) is 0 Å². The molecule has 0 radical (unpaired) electrons. The summed E-state index contributed by atoms with van der Waals surface area (Å²) in [6, 6.07) is 8.01. The van der Waals surface area contributed by atoms with Gasteiger partial charge in [-0.05, 0) is 29.9 Å². The number of amides is 2. The highest BCUT2D eigenvalue weighted by molar-refractivity contribution is 5.82. The number of carbonyl (C=O) groups is 2. The zero-order valence-electron chi connectivity index (χ0n) is 13.9. The largest absolute Gasteiger partial charge is 0.392 e. The molecule has 2 fully saturated rings. The molecule has 2 aliphatic rings. The van der Waals surface area contributed by atoms with Gasteiger partial charge in [-0.2, -0.15) is 0 Å². The first-order valence-electron chi connectivity index (χ1n) is 8.59. The minimum absolute atomic E-state index is 0.00267. The molecular weight excluding hydrogens is 306 g/mol. The number of nitrogens with zero attached hydrogens (tertiary/aromatic N) is 2. The fourth-order valence-electron chi connectivity index (χ4n) is 3.53. The third-order valence-electron chi connectivity index (χ3n) is 4.81. The van der Waals surface area contributed by atoms with Gasteiger partial charge < -0.3 is 15.3 Å². The van der Waals surface area contributed by atoms with Crippen molar-refractivity contribution in [3.05, 3.63) is 35.4 Å². The lowest BCUT2D eigenvalue weighted by molar-refractivity contribution is -0.133. The van der Waals surface area contributed by atoms with Crippen molar-refractivity contribution >= 4 is 11.8 Å². The maximum atomic E-state index is 12.4. The lowest BCUT2D eigenvalue weighted by Crippen LogP contribution is -2.51. The molecule has 2 amide bonds. The van der Waals surface area contributed by atoms with E-state index in [0.29, 0.717) is 25.6 Å². The van der Waals surface area contributed by atoms with E-state index in [2.05, 4.69) is 11.4 Å². The maximum Gasteiger partial charge on any atom is 0.236 e. The van der Waals surface area contributed by atoms with Gasteiger partial charge in [0.05, 0.1) is 19.7 Å². The molecule has 1 aromatic rings. The van der Waals surface area contributed by atoms with Crippen LogP contribution in [-0.4, -0.2) is 66.0 Å². The summed E-state index contributed by atoms with van der Waals surface area (Å²) in [6.07, 6.45) is 1.94. The van der Waals surface area contributed by atoms with Gasteiger partial charge in [-0.15, -0.1) is 0 Å². The lowest BCUT2D eigenvalue weighted by Gasteiger charge is -2.27. The average molecular weight is 331 g/mol. The van der Waals surface area contributed by atoms with Gasteiger partial charge in [-0.25, -0.2) is 0 Å². The van der Waals surface area contributed by atoms with E-state index in [1.165, 1.54) is 5.56 Å². The normalized spacial score (nSPS) is 21.8. The summed E-state index contributed by atoms with van der Waals surface area (Å²) >= 11 is 0. The van der Waals surface area contributed by atoms with Crippen LogP contribution in [0, 0.1) is 5.92 Å². The molecule has 130 valence electrons. The second kappa shape index (κ2) is 7.77. The average Bonchev–Trinajstić information content (AvgIpc) is 3.04. The van der Waals surface area contributed by atoms with E-state index in [0.717, 1.165) is 38.0 Å². The summed E-state index contributed by atoms with van der Waals surface area (Å²) in [5.74, 6) is 0.584.